The molecular formula is C9H14N4O. The Labute approximate surface area is 82.5 Å². The molecule has 1 saturated heterocycles. The fourth-order valence-corrected chi connectivity index (χ4v) is 1.37. The van der Waals surface area contributed by atoms with Crippen molar-refractivity contribution >= 4 is 5.91 Å². The molecule has 0 spiro atoms. The highest BCUT2D eigenvalue weighted by Gasteiger charge is 2.23. The highest BCUT2D eigenvalue weighted by Crippen LogP contribution is 2.02. The van der Waals surface area contributed by atoms with Gasteiger partial charge in [0.15, 0.2) is 0 Å². The summed E-state index contributed by atoms with van der Waals surface area (Å²) in [6, 6.07) is 0.0169. The second-order valence-corrected chi connectivity index (χ2v) is 3.51. The molecule has 1 atom stereocenters. The van der Waals surface area contributed by atoms with Crippen molar-refractivity contribution in [2.75, 3.05) is 6.54 Å². The van der Waals surface area contributed by atoms with Gasteiger partial charge in [0.05, 0.1) is 24.6 Å². The number of aryl methyl sites for hydroxylation is 1. The molecular weight excluding hydrogens is 180 g/mol. The average Bonchev–Trinajstić information content (AvgIpc) is 2.44. The standard InChI is InChI=1S/C9H14N4O/c1-13-6-10-4-7(13)5-12-9(14)8-2-3-11-8/h4,6,8,11H,2-3,5H2,1H3,(H,12,14). The Morgan fingerprint density at radius 2 is 2.64 bits per heavy atom. The van der Waals surface area contributed by atoms with E-state index in [0.29, 0.717) is 6.54 Å². The van der Waals surface area contributed by atoms with Crippen molar-refractivity contribution < 1.29 is 4.79 Å². The lowest BCUT2D eigenvalue weighted by Gasteiger charge is -2.26. The maximum absolute atomic E-state index is 11.4. The second-order valence-electron chi connectivity index (χ2n) is 3.51. The van der Waals surface area contributed by atoms with Gasteiger partial charge < -0.3 is 15.2 Å². The highest BCUT2D eigenvalue weighted by atomic mass is 16.2. The minimum absolute atomic E-state index is 0.0169. The monoisotopic (exact) mass is 194 g/mol. The predicted molar refractivity (Wildman–Crippen MR) is 51.5 cm³/mol. The molecule has 1 unspecified atom stereocenters. The van der Waals surface area contributed by atoms with Gasteiger partial charge in [0.1, 0.15) is 0 Å². The van der Waals surface area contributed by atoms with Crippen LogP contribution >= 0.6 is 0 Å². The van der Waals surface area contributed by atoms with Crippen LogP contribution in [0.15, 0.2) is 12.5 Å². The highest BCUT2D eigenvalue weighted by molar-refractivity contribution is 5.82. The molecule has 0 saturated carbocycles. The fourth-order valence-electron chi connectivity index (χ4n) is 1.37. The van der Waals surface area contributed by atoms with E-state index in [1.807, 2.05) is 11.6 Å². The third-order valence-corrected chi connectivity index (χ3v) is 2.50. The molecule has 0 aromatic carbocycles. The molecule has 5 heteroatoms. The summed E-state index contributed by atoms with van der Waals surface area (Å²) in [5.74, 6) is 0.0810. The lowest BCUT2D eigenvalue weighted by atomic mass is 10.1. The predicted octanol–water partition coefficient (Wildman–Crippen LogP) is -0.602. The maximum Gasteiger partial charge on any atom is 0.237 e. The number of carbonyl (C=O) groups is 1. The molecule has 1 aromatic heterocycles. The summed E-state index contributed by atoms with van der Waals surface area (Å²) in [6.07, 6.45) is 4.43. The van der Waals surface area contributed by atoms with Crippen LogP contribution in [0.2, 0.25) is 0 Å². The molecule has 2 N–H and O–H groups in total. The number of nitrogens with zero attached hydrogens (tertiary/aromatic N) is 2. The second kappa shape index (κ2) is 3.79. The van der Waals surface area contributed by atoms with E-state index in [1.54, 1.807) is 12.5 Å². The zero-order chi connectivity index (χ0) is 9.97. The van der Waals surface area contributed by atoms with Gasteiger partial charge in [0.25, 0.3) is 0 Å². The molecule has 76 valence electrons. The van der Waals surface area contributed by atoms with E-state index in [2.05, 4.69) is 15.6 Å². The minimum Gasteiger partial charge on any atom is -0.349 e. The molecule has 1 fully saturated rings. The minimum atomic E-state index is 0.0169. The van der Waals surface area contributed by atoms with E-state index in [1.165, 1.54) is 0 Å². The van der Waals surface area contributed by atoms with Gasteiger partial charge in [-0.05, 0) is 13.0 Å². The van der Waals surface area contributed by atoms with Crippen LogP contribution in [0.5, 0.6) is 0 Å². The third-order valence-electron chi connectivity index (χ3n) is 2.50. The van der Waals surface area contributed by atoms with Crippen molar-refractivity contribution in [1.82, 2.24) is 20.2 Å². The van der Waals surface area contributed by atoms with Crippen molar-refractivity contribution in [3.05, 3.63) is 18.2 Å². The average molecular weight is 194 g/mol. The number of imidazole rings is 1. The van der Waals surface area contributed by atoms with Gasteiger partial charge in [-0.25, -0.2) is 4.98 Å². The van der Waals surface area contributed by atoms with Gasteiger partial charge in [0, 0.05) is 13.2 Å². The Morgan fingerprint density at radius 1 is 1.86 bits per heavy atom. The van der Waals surface area contributed by atoms with Crippen LogP contribution in [0.4, 0.5) is 0 Å². The lowest BCUT2D eigenvalue weighted by Crippen LogP contribution is -2.53. The molecule has 14 heavy (non-hydrogen) atoms. The molecule has 2 heterocycles. The van der Waals surface area contributed by atoms with Crippen LogP contribution in [0.25, 0.3) is 0 Å². The van der Waals surface area contributed by atoms with E-state index in [9.17, 15) is 4.79 Å². The Hall–Kier alpha value is -1.36. The van der Waals surface area contributed by atoms with Gasteiger partial charge in [-0.15, -0.1) is 0 Å². The number of hydrogen-bond acceptors (Lipinski definition) is 3. The van der Waals surface area contributed by atoms with E-state index in [0.717, 1.165) is 18.7 Å². The number of aromatic nitrogens is 2. The summed E-state index contributed by atoms with van der Waals surface area (Å²) in [4.78, 5) is 15.4. The first-order valence-corrected chi connectivity index (χ1v) is 4.73. The summed E-state index contributed by atoms with van der Waals surface area (Å²) in [5.41, 5.74) is 1.01. The van der Waals surface area contributed by atoms with Crippen molar-refractivity contribution in [1.29, 1.82) is 0 Å². The molecule has 2 rings (SSSR count). The van der Waals surface area contributed by atoms with E-state index >= 15 is 0 Å². The summed E-state index contributed by atoms with van der Waals surface area (Å²) >= 11 is 0. The van der Waals surface area contributed by atoms with E-state index in [4.69, 9.17) is 0 Å². The van der Waals surface area contributed by atoms with E-state index < -0.39 is 0 Å². The van der Waals surface area contributed by atoms with Crippen LogP contribution in [0, 0.1) is 0 Å². The first-order valence-electron chi connectivity index (χ1n) is 4.73. The smallest absolute Gasteiger partial charge is 0.237 e. The first kappa shape index (κ1) is 9.21. The zero-order valence-electron chi connectivity index (χ0n) is 8.16. The summed E-state index contributed by atoms with van der Waals surface area (Å²) < 4.78 is 1.90. The quantitative estimate of drug-likeness (QED) is 0.675. The Bertz CT molecular complexity index is 329. The number of nitrogens with one attached hydrogen (secondary N) is 2. The summed E-state index contributed by atoms with van der Waals surface area (Å²) in [6.45, 7) is 1.50. The Balaban J connectivity index is 1.82. The van der Waals surface area contributed by atoms with Crippen molar-refractivity contribution in [3.63, 3.8) is 0 Å². The SMILES string of the molecule is Cn1cncc1CNC(=O)C1CCN1. The van der Waals surface area contributed by atoms with Crippen LogP contribution < -0.4 is 10.6 Å². The molecule has 1 aromatic rings. The van der Waals surface area contributed by atoms with E-state index in [-0.39, 0.29) is 11.9 Å². The normalized spacial score (nSPS) is 20.2. The molecule has 5 nitrogen and oxygen atoms in total. The largest absolute Gasteiger partial charge is 0.349 e. The lowest BCUT2D eigenvalue weighted by molar-refractivity contribution is -0.124. The van der Waals surface area contributed by atoms with Gasteiger partial charge >= 0.3 is 0 Å². The third kappa shape index (κ3) is 1.77. The van der Waals surface area contributed by atoms with Crippen LogP contribution in [0.3, 0.4) is 0 Å². The number of hydrogen-bond donors (Lipinski definition) is 2. The molecule has 1 aliphatic rings. The van der Waals surface area contributed by atoms with Crippen molar-refractivity contribution in [3.8, 4) is 0 Å². The van der Waals surface area contributed by atoms with Gasteiger partial charge in [0.2, 0.25) is 5.91 Å². The molecule has 0 aliphatic carbocycles. The topological polar surface area (TPSA) is 59.0 Å². The Morgan fingerprint density at radius 3 is 3.14 bits per heavy atom. The van der Waals surface area contributed by atoms with Gasteiger partial charge in [-0.3, -0.25) is 4.79 Å². The zero-order valence-corrected chi connectivity index (χ0v) is 8.16. The molecule has 1 aliphatic heterocycles. The summed E-state index contributed by atoms with van der Waals surface area (Å²) in [7, 11) is 1.91. The molecule has 1 amide bonds. The fraction of sp³-hybridized carbons (Fsp3) is 0.556. The van der Waals surface area contributed by atoms with Gasteiger partial charge in [-0.2, -0.15) is 0 Å². The Kier molecular flexibility index (Phi) is 2.49. The number of rotatable bonds is 3. The summed E-state index contributed by atoms with van der Waals surface area (Å²) in [5, 5.41) is 5.92. The number of amides is 1. The molecule has 0 bridgehead atoms. The number of carbonyl (C=O) groups excluding carboxylic acids is 1. The van der Waals surface area contributed by atoms with Crippen molar-refractivity contribution in [2.24, 2.45) is 7.05 Å². The molecule has 0 radical (unpaired) electrons. The van der Waals surface area contributed by atoms with Crippen LogP contribution in [-0.4, -0.2) is 28.0 Å². The van der Waals surface area contributed by atoms with Crippen molar-refractivity contribution in [2.45, 2.75) is 19.0 Å². The maximum atomic E-state index is 11.4. The van der Waals surface area contributed by atoms with Crippen LogP contribution in [0.1, 0.15) is 12.1 Å². The van der Waals surface area contributed by atoms with Gasteiger partial charge in [-0.1, -0.05) is 0 Å². The van der Waals surface area contributed by atoms with Crippen LogP contribution in [-0.2, 0) is 18.4 Å². The first-order chi connectivity index (χ1) is 6.77.